The zero-order valence-corrected chi connectivity index (χ0v) is 12.0. The molecule has 1 aliphatic heterocycles. The summed E-state index contributed by atoms with van der Waals surface area (Å²) in [5.41, 5.74) is 4.54. The van der Waals surface area contributed by atoms with Gasteiger partial charge in [-0.25, -0.2) is 4.39 Å². The number of rotatable bonds is 1. The molecule has 0 aromatic heterocycles. The summed E-state index contributed by atoms with van der Waals surface area (Å²) in [5.74, 6) is 0.680. The van der Waals surface area contributed by atoms with E-state index in [1.54, 1.807) is 12.1 Å². The van der Waals surface area contributed by atoms with E-state index in [0.29, 0.717) is 11.8 Å². The van der Waals surface area contributed by atoms with Crippen molar-refractivity contribution in [1.29, 1.82) is 0 Å². The van der Waals surface area contributed by atoms with Gasteiger partial charge in [0, 0.05) is 17.2 Å². The molecule has 2 aromatic carbocycles. The summed E-state index contributed by atoms with van der Waals surface area (Å²) in [6, 6.07) is 13.6. The van der Waals surface area contributed by atoms with E-state index in [9.17, 15) is 4.39 Å². The second kappa shape index (κ2) is 4.73. The van der Waals surface area contributed by atoms with Crippen LogP contribution in [0.15, 0.2) is 54.6 Å². The van der Waals surface area contributed by atoms with E-state index < -0.39 is 0 Å². The Morgan fingerprint density at radius 1 is 1.05 bits per heavy atom. The molecule has 1 aliphatic carbocycles. The molecule has 0 saturated carbocycles. The molecule has 1 N–H and O–H groups in total. The maximum Gasteiger partial charge on any atom is 0.128 e. The molecule has 3 atom stereocenters. The van der Waals surface area contributed by atoms with Crippen LogP contribution in [-0.2, 0) is 0 Å². The van der Waals surface area contributed by atoms with Gasteiger partial charge in [-0.1, -0.05) is 48.6 Å². The summed E-state index contributed by atoms with van der Waals surface area (Å²) in [7, 11) is 0. The number of anilines is 1. The Morgan fingerprint density at radius 3 is 2.71 bits per heavy atom. The smallest absolute Gasteiger partial charge is 0.128 e. The molecule has 0 bridgehead atoms. The van der Waals surface area contributed by atoms with Gasteiger partial charge < -0.3 is 5.32 Å². The maximum atomic E-state index is 14.2. The van der Waals surface area contributed by atoms with Gasteiger partial charge in [0.05, 0.1) is 6.04 Å². The third-order valence-corrected chi connectivity index (χ3v) is 4.85. The molecule has 0 radical (unpaired) electrons. The average Bonchev–Trinajstić information content (AvgIpc) is 2.97. The molecule has 0 spiro atoms. The van der Waals surface area contributed by atoms with Crippen LogP contribution in [0.5, 0.6) is 0 Å². The Bertz CT molecular complexity index is 719. The van der Waals surface area contributed by atoms with Crippen molar-refractivity contribution in [3.63, 3.8) is 0 Å². The van der Waals surface area contributed by atoms with Crippen LogP contribution < -0.4 is 5.32 Å². The molecule has 1 nitrogen and oxygen atoms in total. The van der Waals surface area contributed by atoms with Gasteiger partial charge >= 0.3 is 0 Å². The molecule has 21 heavy (non-hydrogen) atoms. The van der Waals surface area contributed by atoms with Gasteiger partial charge in [-0.15, -0.1) is 0 Å². The quantitative estimate of drug-likeness (QED) is 0.727. The van der Waals surface area contributed by atoms with E-state index >= 15 is 0 Å². The van der Waals surface area contributed by atoms with Crippen LogP contribution in [0.2, 0.25) is 0 Å². The number of benzene rings is 2. The lowest BCUT2D eigenvalue weighted by molar-refractivity contribution is 0.413. The number of halogens is 1. The Labute approximate surface area is 124 Å². The van der Waals surface area contributed by atoms with Crippen molar-refractivity contribution in [3.05, 3.63) is 77.1 Å². The highest BCUT2D eigenvalue weighted by Crippen LogP contribution is 2.50. The molecular formula is C19H18FN. The first-order chi connectivity index (χ1) is 10.3. The third kappa shape index (κ3) is 1.90. The number of hydrogen-bond donors (Lipinski definition) is 1. The average molecular weight is 279 g/mol. The molecule has 2 heteroatoms. The van der Waals surface area contributed by atoms with Gasteiger partial charge in [-0.05, 0) is 36.5 Å². The molecule has 106 valence electrons. The van der Waals surface area contributed by atoms with E-state index in [0.717, 1.165) is 12.0 Å². The van der Waals surface area contributed by atoms with Crippen molar-refractivity contribution in [2.45, 2.75) is 25.3 Å². The van der Waals surface area contributed by atoms with E-state index in [4.69, 9.17) is 0 Å². The van der Waals surface area contributed by atoms with Crippen LogP contribution in [0, 0.1) is 18.7 Å². The lowest BCUT2D eigenvalue weighted by Gasteiger charge is -2.38. The highest BCUT2D eigenvalue weighted by molar-refractivity contribution is 5.63. The van der Waals surface area contributed by atoms with Gasteiger partial charge in [0.25, 0.3) is 0 Å². The lowest BCUT2D eigenvalue weighted by Crippen LogP contribution is -2.30. The topological polar surface area (TPSA) is 12.0 Å². The first-order valence-electron chi connectivity index (χ1n) is 7.53. The van der Waals surface area contributed by atoms with Gasteiger partial charge in [-0.3, -0.25) is 0 Å². The van der Waals surface area contributed by atoms with Crippen LogP contribution in [0.4, 0.5) is 10.1 Å². The summed E-state index contributed by atoms with van der Waals surface area (Å²) >= 11 is 0. The zero-order valence-electron chi connectivity index (χ0n) is 12.0. The molecule has 1 heterocycles. The maximum absolute atomic E-state index is 14.2. The largest absolute Gasteiger partial charge is 0.377 e. The Balaban J connectivity index is 1.85. The highest BCUT2D eigenvalue weighted by Gasteiger charge is 2.39. The number of para-hydroxylation sites is 1. The Kier molecular flexibility index (Phi) is 2.85. The minimum absolute atomic E-state index is 0.0415. The normalized spacial score (nSPS) is 26.1. The Morgan fingerprint density at radius 2 is 1.86 bits per heavy atom. The molecule has 0 saturated heterocycles. The van der Waals surface area contributed by atoms with Crippen LogP contribution >= 0.6 is 0 Å². The molecule has 2 aliphatic rings. The van der Waals surface area contributed by atoms with Crippen molar-refractivity contribution in [2.75, 3.05) is 5.32 Å². The molecule has 2 aromatic rings. The van der Waals surface area contributed by atoms with E-state index in [1.165, 1.54) is 16.8 Å². The number of fused-ring (bicyclic) bond motifs is 3. The summed E-state index contributed by atoms with van der Waals surface area (Å²) < 4.78 is 14.2. The summed E-state index contributed by atoms with van der Waals surface area (Å²) in [4.78, 5) is 0. The van der Waals surface area contributed by atoms with Gasteiger partial charge in [0.15, 0.2) is 0 Å². The fraction of sp³-hybridized carbons (Fsp3) is 0.263. The molecule has 0 fully saturated rings. The number of nitrogens with one attached hydrogen (secondary N) is 1. The van der Waals surface area contributed by atoms with Crippen molar-refractivity contribution in [2.24, 2.45) is 5.92 Å². The second-order valence-electron chi connectivity index (χ2n) is 6.04. The van der Waals surface area contributed by atoms with Crippen LogP contribution in [0.25, 0.3) is 0 Å². The fourth-order valence-electron chi connectivity index (χ4n) is 3.81. The number of allylic oxidation sites excluding steroid dienone is 2. The standard InChI is InChI=1S/C19H18FN/c1-12-6-4-9-14-13-8-5-10-15(13)19(21-18(12)14)16-7-2-3-11-17(16)20/h2-9,11,13,15,19,21H,10H2,1H3/t13-,15+,19+/m1/s1. The van der Waals surface area contributed by atoms with Gasteiger partial charge in [0.1, 0.15) is 5.82 Å². The predicted octanol–water partition coefficient (Wildman–Crippen LogP) is 4.96. The minimum atomic E-state index is -0.113. The van der Waals surface area contributed by atoms with Crippen molar-refractivity contribution >= 4 is 5.69 Å². The first kappa shape index (κ1) is 12.6. The lowest BCUT2D eigenvalue weighted by atomic mass is 9.76. The molecule has 4 rings (SSSR count). The highest BCUT2D eigenvalue weighted by atomic mass is 19.1. The SMILES string of the molecule is Cc1cccc2c1N[C@H](c1ccccc1F)[C@H]1CC=C[C@H]21. The van der Waals surface area contributed by atoms with Crippen molar-refractivity contribution in [1.82, 2.24) is 0 Å². The van der Waals surface area contributed by atoms with Gasteiger partial charge in [0.2, 0.25) is 0 Å². The van der Waals surface area contributed by atoms with Gasteiger partial charge in [-0.2, -0.15) is 0 Å². The summed E-state index contributed by atoms with van der Waals surface area (Å²) in [6.07, 6.45) is 5.53. The summed E-state index contributed by atoms with van der Waals surface area (Å²) in [6.45, 7) is 2.11. The number of hydrogen-bond acceptors (Lipinski definition) is 1. The minimum Gasteiger partial charge on any atom is -0.377 e. The summed E-state index contributed by atoms with van der Waals surface area (Å²) in [5, 5.41) is 3.61. The first-order valence-corrected chi connectivity index (χ1v) is 7.53. The van der Waals surface area contributed by atoms with E-state index in [-0.39, 0.29) is 11.9 Å². The molecular weight excluding hydrogens is 261 g/mol. The van der Waals surface area contributed by atoms with Crippen LogP contribution in [-0.4, -0.2) is 0 Å². The third-order valence-electron chi connectivity index (χ3n) is 4.85. The fourth-order valence-corrected chi connectivity index (χ4v) is 3.81. The Hall–Kier alpha value is -2.09. The van der Waals surface area contributed by atoms with Crippen LogP contribution in [0.3, 0.4) is 0 Å². The monoisotopic (exact) mass is 279 g/mol. The predicted molar refractivity (Wildman–Crippen MR) is 83.9 cm³/mol. The molecule has 0 unspecified atom stereocenters. The number of aryl methyl sites for hydroxylation is 1. The van der Waals surface area contributed by atoms with Crippen molar-refractivity contribution in [3.8, 4) is 0 Å². The zero-order chi connectivity index (χ0) is 14.4. The second-order valence-corrected chi connectivity index (χ2v) is 6.04. The molecule has 0 amide bonds. The van der Waals surface area contributed by atoms with Crippen LogP contribution in [0.1, 0.15) is 35.1 Å². The van der Waals surface area contributed by atoms with E-state index in [2.05, 4.69) is 42.6 Å². The van der Waals surface area contributed by atoms with E-state index in [1.807, 2.05) is 12.1 Å². The van der Waals surface area contributed by atoms with Crippen molar-refractivity contribution < 1.29 is 4.39 Å².